The number of carbonyl (C=O) groups is 2. The number of thioether (sulfide) groups is 1. The van der Waals surface area contributed by atoms with Crippen LogP contribution in [-0.2, 0) is 25.9 Å². The first-order valence-corrected chi connectivity index (χ1v) is 16.8. The topological polar surface area (TPSA) is 113 Å². The number of likely N-dealkylation sites (tertiary alicyclic amines) is 1. The van der Waals surface area contributed by atoms with Gasteiger partial charge < -0.3 is 15.2 Å². The maximum Gasteiger partial charge on any atom is 0.326 e. The second-order valence-electron chi connectivity index (χ2n) is 10.8. The number of sulfone groups is 1. The molecule has 10 heteroatoms. The van der Waals surface area contributed by atoms with Gasteiger partial charge in [-0.2, -0.15) is 0 Å². The molecule has 4 rings (SSSR count). The van der Waals surface area contributed by atoms with E-state index in [1.165, 1.54) is 4.90 Å². The highest BCUT2D eigenvalue weighted by molar-refractivity contribution is 8.00. The van der Waals surface area contributed by atoms with Crippen LogP contribution in [0.25, 0.3) is 11.1 Å². The molecule has 3 atom stereocenters. The number of aryl methyl sites for hydroxylation is 1. The highest BCUT2D eigenvalue weighted by atomic mass is 32.2. The third-order valence-corrected chi connectivity index (χ3v) is 9.62. The summed E-state index contributed by atoms with van der Waals surface area (Å²) in [6.07, 6.45) is 1.83. The van der Waals surface area contributed by atoms with Crippen LogP contribution in [0.5, 0.6) is 0 Å². The highest BCUT2D eigenvalue weighted by Gasteiger charge is 2.33. The Morgan fingerprint density at radius 3 is 2.45 bits per heavy atom. The van der Waals surface area contributed by atoms with Gasteiger partial charge in [0.1, 0.15) is 15.9 Å². The number of carboxylic acid groups (broad SMARTS) is 1. The second-order valence-corrected chi connectivity index (χ2v) is 14.4. The minimum Gasteiger partial charge on any atom is -0.480 e. The quantitative estimate of drug-likeness (QED) is 0.287. The van der Waals surface area contributed by atoms with Crippen LogP contribution >= 0.6 is 11.8 Å². The molecule has 1 aliphatic rings. The van der Waals surface area contributed by atoms with E-state index >= 15 is 0 Å². The van der Waals surface area contributed by atoms with Crippen LogP contribution in [0.3, 0.4) is 0 Å². The third-order valence-electron chi connectivity index (χ3n) is 7.42. The SMILES string of the molecule is COC[C@H]1C[C@@H](Sc2ccccc2)CN1Cc1ccc(C(=O)N[C@@H](CCS(C)(=O)=O)C(=O)O)c(-c2ccccc2C)c1. The van der Waals surface area contributed by atoms with Crippen LogP contribution in [0, 0.1) is 6.92 Å². The normalized spacial score (nSPS) is 18.1. The molecule has 0 aromatic heterocycles. The van der Waals surface area contributed by atoms with E-state index in [4.69, 9.17) is 4.74 Å². The number of nitrogens with one attached hydrogen (secondary N) is 1. The molecule has 224 valence electrons. The van der Waals surface area contributed by atoms with Gasteiger partial charge in [-0.15, -0.1) is 11.8 Å². The summed E-state index contributed by atoms with van der Waals surface area (Å²) < 4.78 is 28.8. The van der Waals surface area contributed by atoms with Gasteiger partial charge in [-0.05, 0) is 66.3 Å². The minimum atomic E-state index is -3.39. The molecule has 0 spiro atoms. The maximum absolute atomic E-state index is 13.4. The summed E-state index contributed by atoms with van der Waals surface area (Å²) in [4.78, 5) is 29.0. The monoisotopic (exact) mass is 610 g/mol. The van der Waals surface area contributed by atoms with Crippen molar-refractivity contribution in [3.63, 3.8) is 0 Å². The molecule has 3 aromatic carbocycles. The second kappa shape index (κ2) is 14.3. The van der Waals surface area contributed by atoms with E-state index in [0.29, 0.717) is 29.5 Å². The standard InChI is InChI=1S/C32H38N2O6S2/c1-22-9-7-8-12-27(22)29-17-23(13-14-28(29)31(35)33-30(32(36)37)15-16-42(3,38)39)19-34-20-26(18-24(34)21-40-2)41-25-10-5-4-6-11-25/h4-14,17,24,26,30H,15-16,18-21H2,1-3H3,(H,33,35)(H,36,37)/t24-,26-,30+/m1/s1. The minimum absolute atomic E-state index is 0.213. The Kier molecular flexibility index (Phi) is 10.8. The number of carbonyl (C=O) groups excluding carboxylic acids is 1. The summed E-state index contributed by atoms with van der Waals surface area (Å²) in [6.45, 7) is 4.17. The fourth-order valence-electron chi connectivity index (χ4n) is 5.32. The summed E-state index contributed by atoms with van der Waals surface area (Å²) in [7, 11) is -1.67. The zero-order valence-electron chi connectivity index (χ0n) is 24.2. The van der Waals surface area contributed by atoms with Crippen LogP contribution in [0.1, 0.15) is 34.3 Å². The zero-order chi connectivity index (χ0) is 30.3. The van der Waals surface area contributed by atoms with Crippen molar-refractivity contribution in [3.8, 4) is 11.1 Å². The fourth-order valence-corrected chi connectivity index (χ4v) is 7.27. The molecule has 1 heterocycles. The Labute approximate surface area is 252 Å². The van der Waals surface area contributed by atoms with E-state index < -0.39 is 27.8 Å². The molecule has 8 nitrogen and oxygen atoms in total. The van der Waals surface area contributed by atoms with Gasteiger partial charge in [0.05, 0.1) is 12.4 Å². The van der Waals surface area contributed by atoms with E-state index in [1.54, 1.807) is 13.2 Å². The van der Waals surface area contributed by atoms with Gasteiger partial charge in [-0.3, -0.25) is 9.69 Å². The van der Waals surface area contributed by atoms with Gasteiger partial charge in [0.15, 0.2) is 0 Å². The number of hydrogen-bond donors (Lipinski definition) is 2. The van der Waals surface area contributed by atoms with Gasteiger partial charge >= 0.3 is 5.97 Å². The molecule has 0 aliphatic carbocycles. The number of amides is 1. The van der Waals surface area contributed by atoms with Gasteiger partial charge in [-0.1, -0.05) is 48.5 Å². The number of rotatable bonds is 13. The molecule has 42 heavy (non-hydrogen) atoms. The molecule has 3 aromatic rings. The lowest BCUT2D eigenvalue weighted by Gasteiger charge is -2.24. The largest absolute Gasteiger partial charge is 0.480 e. The number of nitrogens with zero attached hydrogens (tertiary/aromatic N) is 1. The Balaban J connectivity index is 1.60. The zero-order valence-corrected chi connectivity index (χ0v) is 25.8. The van der Waals surface area contributed by atoms with E-state index in [1.807, 2.05) is 61.2 Å². The van der Waals surface area contributed by atoms with E-state index in [2.05, 4.69) is 34.5 Å². The average Bonchev–Trinajstić information content (AvgIpc) is 3.31. The summed E-state index contributed by atoms with van der Waals surface area (Å²) in [6, 6.07) is 22.7. The van der Waals surface area contributed by atoms with E-state index in [-0.39, 0.29) is 18.2 Å². The Hall–Kier alpha value is -3.18. The number of hydrogen-bond acceptors (Lipinski definition) is 7. The van der Waals surface area contributed by atoms with Gasteiger partial charge in [0, 0.05) is 48.2 Å². The predicted molar refractivity (Wildman–Crippen MR) is 167 cm³/mol. The summed E-state index contributed by atoms with van der Waals surface area (Å²) in [5, 5.41) is 12.6. The number of aliphatic carboxylic acids is 1. The molecule has 0 saturated carbocycles. The molecule has 2 N–H and O–H groups in total. The first kappa shape index (κ1) is 31.7. The molecule has 0 bridgehead atoms. The van der Waals surface area contributed by atoms with Crippen molar-refractivity contribution in [1.29, 1.82) is 0 Å². The molecular formula is C32H38N2O6S2. The molecule has 0 unspecified atom stereocenters. The van der Waals surface area contributed by atoms with Gasteiger partial charge in [-0.25, -0.2) is 13.2 Å². The van der Waals surface area contributed by atoms with Crippen LogP contribution in [-0.4, -0.2) is 79.9 Å². The van der Waals surface area contributed by atoms with Crippen molar-refractivity contribution in [1.82, 2.24) is 10.2 Å². The summed E-state index contributed by atoms with van der Waals surface area (Å²) in [5.74, 6) is -2.17. The van der Waals surface area contributed by atoms with Crippen LogP contribution in [0.2, 0.25) is 0 Å². The third kappa shape index (κ3) is 8.67. The number of ether oxygens (including phenoxy) is 1. The van der Waals surface area contributed by atoms with Crippen molar-refractivity contribution in [3.05, 3.63) is 89.5 Å². The van der Waals surface area contributed by atoms with Crippen molar-refractivity contribution in [2.45, 2.75) is 48.5 Å². The molecule has 1 aliphatic heterocycles. The Morgan fingerprint density at radius 1 is 1.07 bits per heavy atom. The van der Waals surface area contributed by atoms with E-state index in [9.17, 15) is 23.1 Å². The van der Waals surface area contributed by atoms with Crippen molar-refractivity contribution >= 4 is 33.5 Å². The van der Waals surface area contributed by atoms with Crippen molar-refractivity contribution < 1.29 is 27.9 Å². The molecular weight excluding hydrogens is 572 g/mol. The van der Waals surface area contributed by atoms with Crippen LogP contribution in [0.4, 0.5) is 0 Å². The number of carboxylic acids is 1. The summed E-state index contributed by atoms with van der Waals surface area (Å²) in [5.41, 5.74) is 3.93. The Bertz CT molecular complexity index is 1500. The molecule has 1 saturated heterocycles. The first-order chi connectivity index (χ1) is 20.0. The van der Waals surface area contributed by atoms with E-state index in [0.717, 1.165) is 35.9 Å². The first-order valence-electron chi connectivity index (χ1n) is 13.9. The lowest BCUT2D eigenvalue weighted by molar-refractivity contribution is -0.139. The number of benzene rings is 3. The smallest absolute Gasteiger partial charge is 0.326 e. The lowest BCUT2D eigenvalue weighted by atomic mass is 9.93. The molecule has 1 fully saturated rings. The van der Waals surface area contributed by atoms with Crippen LogP contribution in [0.15, 0.2) is 77.7 Å². The van der Waals surface area contributed by atoms with Crippen molar-refractivity contribution in [2.75, 3.05) is 32.3 Å². The van der Waals surface area contributed by atoms with Gasteiger partial charge in [0.25, 0.3) is 5.91 Å². The fraction of sp³-hybridized carbons (Fsp3) is 0.375. The van der Waals surface area contributed by atoms with Crippen molar-refractivity contribution in [2.24, 2.45) is 0 Å². The number of methoxy groups -OCH3 is 1. The van der Waals surface area contributed by atoms with Crippen LogP contribution < -0.4 is 5.32 Å². The average molecular weight is 611 g/mol. The lowest BCUT2D eigenvalue weighted by Crippen LogP contribution is -2.42. The molecule has 1 amide bonds. The highest BCUT2D eigenvalue weighted by Crippen LogP contribution is 2.35. The predicted octanol–water partition coefficient (Wildman–Crippen LogP) is 4.66. The Morgan fingerprint density at radius 2 is 1.79 bits per heavy atom. The summed E-state index contributed by atoms with van der Waals surface area (Å²) >= 11 is 1.88. The maximum atomic E-state index is 13.4. The van der Waals surface area contributed by atoms with Gasteiger partial charge in [0.2, 0.25) is 0 Å². The molecule has 0 radical (unpaired) electrons.